The molecule has 1 aliphatic heterocycles. The Morgan fingerprint density at radius 2 is 1.86 bits per heavy atom. The second-order valence-corrected chi connectivity index (χ2v) is 11.0. The van der Waals surface area contributed by atoms with Crippen LogP contribution in [0.2, 0.25) is 0 Å². The van der Waals surface area contributed by atoms with Gasteiger partial charge in [-0.15, -0.1) is 0 Å². The van der Waals surface area contributed by atoms with Gasteiger partial charge < -0.3 is 34.6 Å². The van der Waals surface area contributed by atoms with Gasteiger partial charge in [-0.05, 0) is 91.9 Å². The van der Waals surface area contributed by atoms with Crippen LogP contribution in [0.5, 0.6) is 17.2 Å². The van der Waals surface area contributed by atoms with Crippen LogP contribution in [0.3, 0.4) is 0 Å². The number of fused-ring (bicyclic) bond motifs is 4. The number of nitrogens with zero attached hydrogens (tertiary/aromatic N) is 1. The van der Waals surface area contributed by atoms with Gasteiger partial charge in [0.15, 0.2) is 11.5 Å². The van der Waals surface area contributed by atoms with Gasteiger partial charge >= 0.3 is 0 Å². The summed E-state index contributed by atoms with van der Waals surface area (Å²) in [6.45, 7) is 4.41. The van der Waals surface area contributed by atoms with Crippen molar-refractivity contribution in [2.45, 2.75) is 45.4 Å². The zero-order valence-electron chi connectivity index (χ0n) is 24.0. The molecule has 8 nitrogen and oxygen atoms in total. The molecule has 0 fully saturated rings. The van der Waals surface area contributed by atoms with Crippen molar-refractivity contribution in [1.29, 1.82) is 0 Å². The molecule has 0 radical (unpaired) electrons. The Morgan fingerprint density at radius 3 is 2.60 bits per heavy atom. The molecule has 1 atom stereocenters. The molecule has 6 rings (SSSR count). The zero-order chi connectivity index (χ0) is 29.4. The lowest BCUT2D eigenvalue weighted by Gasteiger charge is -2.24. The first-order chi connectivity index (χ1) is 20.4. The van der Waals surface area contributed by atoms with Gasteiger partial charge in [0, 0.05) is 34.9 Å². The lowest BCUT2D eigenvalue weighted by molar-refractivity contribution is 0.0917. The second kappa shape index (κ2) is 11.3. The van der Waals surface area contributed by atoms with Crippen LogP contribution in [-0.2, 0) is 19.4 Å². The van der Waals surface area contributed by atoms with Crippen molar-refractivity contribution in [1.82, 2.24) is 14.9 Å². The number of methoxy groups -OCH3 is 1. The SMILES string of the molecule is COc1cc2c(cc1OC(C)C)-c1cc(C(=O)NC(CO)Cc3c[nH]c4ccccc34)c(-c3ccc(O)cc3)n1CC2. The fourth-order valence-electron chi connectivity index (χ4n) is 5.88. The number of carbonyl (C=O) groups excluding carboxylic acids is 1. The number of nitrogens with one attached hydrogen (secondary N) is 2. The molecule has 42 heavy (non-hydrogen) atoms. The van der Waals surface area contributed by atoms with Gasteiger partial charge in [-0.1, -0.05) is 18.2 Å². The summed E-state index contributed by atoms with van der Waals surface area (Å²) < 4.78 is 13.9. The van der Waals surface area contributed by atoms with Crippen LogP contribution >= 0.6 is 0 Å². The van der Waals surface area contributed by atoms with E-state index >= 15 is 0 Å². The maximum absolute atomic E-state index is 14.0. The normalized spacial score (nSPS) is 13.1. The third kappa shape index (κ3) is 5.10. The molecule has 2 aromatic heterocycles. The van der Waals surface area contributed by atoms with Crippen molar-refractivity contribution in [3.8, 4) is 39.8 Å². The number of benzene rings is 3. The average molecular weight is 566 g/mol. The molecule has 1 unspecified atom stereocenters. The van der Waals surface area contributed by atoms with E-state index in [0.29, 0.717) is 30.0 Å². The van der Waals surface area contributed by atoms with Gasteiger partial charge in [-0.2, -0.15) is 0 Å². The highest BCUT2D eigenvalue weighted by Gasteiger charge is 2.29. The lowest BCUT2D eigenvalue weighted by Crippen LogP contribution is -2.39. The van der Waals surface area contributed by atoms with E-state index in [1.807, 2.05) is 74.6 Å². The number of aryl methyl sites for hydroxylation is 1. The van der Waals surface area contributed by atoms with E-state index in [4.69, 9.17) is 9.47 Å². The van der Waals surface area contributed by atoms with Crippen LogP contribution in [0.1, 0.15) is 35.3 Å². The van der Waals surface area contributed by atoms with Gasteiger partial charge in [0.2, 0.25) is 0 Å². The van der Waals surface area contributed by atoms with Crippen LogP contribution < -0.4 is 14.8 Å². The van der Waals surface area contributed by atoms with E-state index in [-0.39, 0.29) is 24.4 Å². The Labute approximate surface area is 244 Å². The number of ether oxygens (including phenoxy) is 2. The molecule has 0 aliphatic carbocycles. The van der Waals surface area contributed by atoms with Gasteiger partial charge in [0.05, 0.1) is 37.1 Å². The van der Waals surface area contributed by atoms with E-state index in [0.717, 1.165) is 51.0 Å². The minimum Gasteiger partial charge on any atom is -0.508 e. The number of aromatic hydroxyl groups is 1. The fraction of sp³-hybridized carbons (Fsp3) is 0.265. The first-order valence-electron chi connectivity index (χ1n) is 14.2. The number of amides is 1. The number of para-hydroxylation sites is 1. The van der Waals surface area contributed by atoms with Gasteiger partial charge in [0.25, 0.3) is 5.91 Å². The molecule has 0 saturated carbocycles. The summed E-state index contributed by atoms with van der Waals surface area (Å²) in [7, 11) is 1.64. The van der Waals surface area contributed by atoms with Crippen molar-refractivity contribution >= 4 is 16.8 Å². The van der Waals surface area contributed by atoms with Crippen LogP contribution in [0.25, 0.3) is 33.4 Å². The Morgan fingerprint density at radius 1 is 1.07 bits per heavy atom. The van der Waals surface area contributed by atoms with Crippen LogP contribution in [0, 0.1) is 0 Å². The molecular weight excluding hydrogens is 530 g/mol. The van der Waals surface area contributed by atoms with E-state index in [1.165, 1.54) is 0 Å². The largest absolute Gasteiger partial charge is 0.508 e. The number of hydrogen-bond acceptors (Lipinski definition) is 5. The highest BCUT2D eigenvalue weighted by molar-refractivity contribution is 6.02. The number of phenols is 1. The molecule has 0 bridgehead atoms. The lowest BCUT2D eigenvalue weighted by atomic mass is 9.97. The van der Waals surface area contributed by atoms with E-state index < -0.39 is 6.04 Å². The van der Waals surface area contributed by atoms with Crippen LogP contribution in [-0.4, -0.2) is 51.5 Å². The summed E-state index contributed by atoms with van der Waals surface area (Å²) in [4.78, 5) is 17.2. The number of carbonyl (C=O) groups is 1. The average Bonchev–Trinajstić information content (AvgIpc) is 3.58. The number of rotatable bonds is 9. The summed E-state index contributed by atoms with van der Waals surface area (Å²) in [5.74, 6) is 1.22. The first-order valence-corrected chi connectivity index (χ1v) is 14.2. The summed E-state index contributed by atoms with van der Waals surface area (Å²) in [6, 6.07) is 20.3. The third-order valence-corrected chi connectivity index (χ3v) is 7.81. The highest BCUT2D eigenvalue weighted by Crippen LogP contribution is 2.43. The number of aromatic amines is 1. The predicted octanol–water partition coefficient (Wildman–Crippen LogP) is 5.69. The molecule has 0 saturated heterocycles. The summed E-state index contributed by atoms with van der Waals surface area (Å²) in [5, 5.41) is 24.4. The molecule has 216 valence electrons. The number of aliphatic hydroxyl groups is 1. The minimum absolute atomic E-state index is 0.0335. The topological polar surface area (TPSA) is 109 Å². The summed E-state index contributed by atoms with van der Waals surface area (Å²) >= 11 is 0. The standard InChI is InChI=1S/C34H35N3O5/c1-20(2)42-32-17-27-22(15-31(32)41-3)12-13-37-30(27)16-28(33(37)21-8-10-25(39)11-9-21)34(40)36-24(19-38)14-23-18-35-29-7-5-4-6-26(23)29/h4-11,15-18,20,24,35,38-39H,12-14,19H2,1-3H3,(H,36,40). The number of hydrogen-bond donors (Lipinski definition) is 4. The number of phenolic OH excluding ortho intramolecular Hbond substituents is 1. The van der Waals surface area contributed by atoms with Crippen LogP contribution in [0.15, 0.2) is 72.9 Å². The van der Waals surface area contributed by atoms with Crippen molar-refractivity contribution in [2.75, 3.05) is 13.7 Å². The number of H-pyrrole nitrogens is 1. The first kappa shape index (κ1) is 27.5. The van der Waals surface area contributed by atoms with E-state index in [1.54, 1.807) is 19.2 Å². The molecule has 3 heterocycles. The van der Waals surface area contributed by atoms with Crippen molar-refractivity contribution in [3.63, 3.8) is 0 Å². The Hall–Kier alpha value is -4.69. The molecule has 8 heteroatoms. The summed E-state index contributed by atoms with van der Waals surface area (Å²) in [6.07, 6.45) is 3.13. The Balaban J connectivity index is 1.40. The Bertz CT molecular complexity index is 1750. The molecule has 5 aromatic rings. The Kier molecular flexibility index (Phi) is 7.39. The summed E-state index contributed by atoms with van der Waals surface area (Å²) in [5.41, 5.74) is 7.12. The third-order valence-electron chi connectivity index (χ3n) is 7.81. The van der Waals surface area contributed by atoms with E-state index in [2.05, 4.69) is 14.9 Å². The van der Waals surface area contributed by atoms with Crippen LogP contribution in [0.4, 0.5) is 0 Å². The smallest absolute Gasteiger partial charge is 0.253 e. The zero-order valence-corrected chi connectivity index (χ0v) is 24.0. The van der Waals surface area contributed by atoms with E-state index in [9.17, 15) is 15.0 Å². The minimum atomic E-state index is -0.483. The molecule has 0 spiro atoms. The molecule has 1 aliphatic rings. The maximum atomic E-state index is 14.0. The molecule has 3 aromatic carbocycles. The number of aliphatic hydroxyl groups excluding tert-OH is 1. The molecule has 1 amide bonds. The molecule has 4 N–H and O–H groups in total. The second-order valence-electron chi connectivity index (χ2n) is 11.0. The number of aromatic nitrogens is 2. The quantitative estimate of drug-likeness (QED) is 0.184. The van der Waals surface area contributed by atoms with Crippen molar-refractivity contribution < 1.29 is 24.5 Å². The van der Waals surface area contributed by atoms with Gasteiger partial charge in [-0.25, -0.2) is 0 Å². The van der Waals surface area contributed by atoms with Crippen molar-refractivity contribution in [3.05, 3.63) is 89.6 Å². The fourth-order valence-corrected chi connectivity index (χ4v) is 5.88. The van der Waals surface area contributed by atoms with Gasteiger partial charge in [0.1, 0.15) is 5.75 Å². The molecular formula is C34H35N3O5. The predicted molar refractivity (Wildman–Crippen MR) is 163 cm³/mol. The monoisotopic (exact) mass is 565 g/mol. The van der Waals surface area contributed by atoms with Crippen molar-refractivity contribution in [2.24, 2.45) is 0 Å². The van der Waals surface area contributed by atoms with Gasteiger partial charge in [-0.3, -0.25) is 4.79 Å². The highest BCUT2D eigenvalue weighted by atomic mass is 16.5. The maximum Gasteiger partial charge on any atom is 0.253 e.